The first-order valence-corrected chi connectivity index (χ1v) is 10.2. The number of rotatable bonds is 5. The molecular weight excluding hydrogens is 409 g/mol. The predicted molar refractivity (Wildman–Crippen MR) is 113 cm³/mol. The smallest absolute Gasteiger partial charge is 0.254 e. The van der Waals surface area contributed by atoms with Crippen molar-refractivity contribution >= 4 is 29.1 Å². The molecule has 2 N–H and O–H groups in total. The highest BCUT2D eigenvalue weighted by Gasteiger charge is 2.59. The van der Waals surface area contributed by atoms with Crippen LogP contribution >= 0.6 is 11.6 Å². The first-order chi connectivity index (χ1) is 14.4. The number of benzene rings is 2. The van der Waals surface area contributed by atoms with E-state index in [1.165, 1.54) is 7.11 Å². The van der Waals surface area contributed by atoms with E-state index in [0.29, 0.717) is 34.1 Å². The topological polar surface area (TPSA) is 70.7 Å². The lowest BCUT2D eigenvalue weighted by molar-refractivity contribution is -0.132. The molecule has 0 bridgehead atoms. The molecule has 2 aromatic rings. The molecule has 4 rings (SSSR count). The number of para-hydroxylation sites is 1. The van der Waals surface area contributed by atoms with Crippen molar-refractivity contribution in [2.75, 3.05) is 25.5 Å². The van der Waals surface area contributed by atoms with Crippen molar-refractivity contribution in [1.29, 1.82) is 0 Å². The van der Waals surface area contributed by atoms with Crippen LogP contribution in [0.3, 0.4) is 0 Å². The lowest BCUT2D eigenvalue weighted by Crippen LogP contribution is -2.57. The van der Waals surface area contributed by atoms with Crippen LogP contribution in [0, 0.1) is 0 Å². The molecule has 0 radical (unpaired) electrons. The molecule has 2 heterocycles. The number of carbonyl (C=O) groups excluding carboxylic acids is 2. The van der Waals surface area contributed by atoms with Gasteiger partial charge in [-0.15, -0.1) is 0 Å². The Morgan fingerprint density at radius 2 is 2.10 bits per heavy atom. The number of nitrogens with zero attached hydrogens (tertiary/aromatic N) is 1. The van der Waals surface area contributed by atoms with E-state index in [1.54, 1.807) is 54.3 Å². The zero-order valence-electron chi connectivity index (χ0n) is 16.7. The average Bonchev–Trinajstić information content (AvgIpc) is 3.25. The monoisotopic (exact) mass is 431 g/mol. The number of methoxy groups -OCH3 is 1. The van der Waals surface area contributed by atoms with Crippen molar-refractivity contribution < 1.29 is 18.7 Å². The lowest BCUT2D eigenvalue weighted by atomic mass is 9.80. The Bertz CT molecular complexity index is 1000. The van der Waals surface area contributed by atoms with Crippen LogP contribution in [0.5, 0.6) is 5.75 Å². The van der Waals surface area contributed by atoms with E-state index in [4.69, 9.17) is 16.3 Å². The van der Waals surface area contributed by atoms with Gasteiger partial charge >= 0.3 is 0 Å². The first-order valence-electron chi connectivity index (χ1n) is 9.87. The first kappa shape index (κ1) is 20.6. The summed E-state index contributed by atoms with van der Waals surface area (Å²) in [6.07, 6.45) is -1.24. The molecule has 6 nitrogen and oxygen atoms in total. The number of alkyl halides is 1. The number of carbonyl (C=O) groups is 2. The number of nitrogens with one attached hydrogen (secondary N) is 2. The van der Waals surface area contributed by atoms with E-state index in [1.807, 2.05) is 0 Å². The number of anilines is 1. The maximum atomic E-state index is 14.7. The fourth-order valence-corrected chi connectivity index (χ4v) is 4.78. The number of hydrogen-bond acceptors (Lipinski definition) is 4. The summed E-state index contributed by atoms with van der Waals surface area (Å²) in [7, 11) is 1.52. The Morgan fingerprint density at radius 3 is 2.83 bits per heavy atom. The average molecular weight is 432 g/mol. The number of likely N-dealkylation sites (N-methyl/N-ethyl adjacent to an activating group) is 1. The van der Waals surface area contributed by atoms with E-state index in [9.17, 15) is 14.0 Å². The van der Waals surface area contributed by atoms with Gasteiger partial charge in [-0.05, 0) is 31.2 Å². The summed E-state index contributed by atoms with van der Waals surface area (Å²) in [5.41, 5.74) is 0.234. The molecular formula is C22H23ClFN3O3. The normalized spacial score (nSPS) is 25.7. The molecule has 2 aliphatic heterocycles. The van der Waals surface area contributed by atoms with Gasteiger partial charge in [0.05, 0.1) is 13.2 Å². The van der Waals surface area contributed by atoms with E-state index in [-0.39, 0.29) is 24.8 Å². The summed E-state index contributed by atoms with van der Waals surface area (Å²) < 4.78 is 20.3. The third kappa shape index (κ3) is 3.04. The van der Waals surface area contributed by atoms with Crippen molar-refractivity contribution in [2.45, 2.75) is 31.1 Å². The van der Waals surface area contributed by atoms with Gasteiger partial charge in [0, 0.05) is 41.3 Å². The SMILES string of the molecule is CCNC(=O)[C@@H]1CC(F)CN1C1(c2ccccc2OC)C(=O)Nc2ccc(Cl)cc21. The molecule has 2 aromatic carbocycles. The molecule has 1 fully saturated rings. The van der Waals surface area contributed by atoms with Crippen LogP contribution in [-0.4, -0.2) is 49.1 Å². The van der Waals surface area contributed by atoms with E-state index in [2.05, 4.69) is 10.6 Å². The van der Waals surface area contributed by atoms with Crippen LogP contribution in [0.2, 0.25) is 5.02 Å². The van der Waals surface area contributed by atoms with Crippen LogP contribution in [0.15, 0.2) is 42.5 Å². The summed E-state index contributed by atoms with van der Waals surface area (Å²) in [5.74, 6) is -0.208. The molecule has 2 unspecified atom stereocenters. The summed E-state index contributed by atoms with van der Waals surface area (Å²) >= 11 is 6.30. The molecule has 3 atom stereocenters. The Labute approximate surface area is 179 Å². The molecule has 8 heteroatoms. The number of amides is 2. The molecule has 30 heavy (non-hydrogen) atoms. The maximum absolute atomic E-state index is 14.7. The predicted octanol–water partition coefficient (Wildman–Crippen LogP) is 3.09. The minimum atomic E-state index is -1.45. The van der Waals surface area contributed by atoms with Crippen molar-refractivity contribution in [2.24, 2.45) is 0 Å². The van der Waals surface area contributed by atoms with Crippen LogP contribution < -0.4 is 15.4 Å². The molecule has 0 aromatic heterocycles. The second-order valence-electron chi connectivity index (χ2n) is 7.45. The quantitative estimate of drug-likeness (QED) is 0.763. The summed E-state index contributed by atoms with van der Waals surface area (Å²) in [4.78, 5) is 28.2. The highest BCUT2D eigenvalue weighted by molar-refractivity contribution is 6.31. The maximum Gasteiger partial charge on any atom is 0.254 e. The fraction of sp³-hybridized carbons (Fsp3) is 0.364. The van der Waals surface area contributed by atoms with Crippen molar-refractivity contribution in [1.82, 2.24) is 10.2 Å². The molecule has 0 aliphatic carbocycles. The van der Waals surface area contributed by atoms with Crippen molar-refractivity contribution in [3.63, 3.8) is 0 Å². The Kier molecular flexibility index (Phi) is 5.42. The summed E-state index contributed by atoms with van der Waals surface area (Å²) in [5, 5.41) is 6.11. The minimum Gasteiger partial charge on any atom is -0.496 e. The molecule has 1 saturated heterocycles. The largest absolute Gasteiger partial charge is 0.496 e. The fourth-order valence-electron chi connectivity index (χ4n) is 4.61. The third-order valence-electron chi connectivity index (χ3n) is 5.78. The molecule has 0 saturated carbocycles. The number of fused-ring (bicyclic) bond motifs is 1. The van der Waals surface area contributed by atoms with Gasteiger partial charge in [0.25, 0.3) is 5.91 Å². The van der Waals surface area contributed by atoms with Crippen LogP contribution in [-0.2, 0) is 15.1 Å². The van der Waals surface area contributed by atoms with Crippen LogP contribution in [0.4, 0.5) is 10.1 Å². The number of likely N-dealkylation sites (tertiary alicyclic amines) is 1. The standard InChI is InChI=1S/C22H23ClFN3O3/c1-3-25-20(28)18-11-14(24)12-27(18)22(15-6-4-5-7-19(15)30-2)16-10-13(23)8-9-17(16)26-21(22)29/h4-10,14,18H,3,11-12H2,1-2H3,(H,25,28)(H,26,29)/t14?,18-,22?/m0/s1. The van der Waals surface area contributed by atoms with Gasteiger partial charge in [0.15, 0.2) is 5.54 Å². The zero-order valence-corrected chi connectivity index (χ0v) is 17.5. The molecule has 158 valence electrons. The second kappa shape index (κ2) is 7.89. The molecule has 2 amide bonds. The third-order valence-corrected chi connectivity index (χ3v) is 6.01. The van der Waals surface area contributed by atoms with Gasteiger partial charge in [0.2, 0.25) is 5.91 Å². The molecule has 2 aliphatic rings. The second-order valence-corrected chi connectivity index (χ2v) is 7.89. The zero-order chi connectivity index (χ0) is 21.5. The van der Waals surface area contributed by atoms with Gasteiger partial charge < -0.3 is 15.4 Å². The summed E-state index contributed by atoms with van der Waals surface area (Å²) in [6, 6.07) is 11.4. The highest BCUT2D eigenvalue weighted by Crippen LogP contribution is 2.51. The number of halogens is 2. The van der Waals surface area contributed by atoms with Gasteiger partial charge in [0.1, 0.15) is 11.9 Å². The number of hydrogen-bond donors (Lipinski definition) is 2. The number of ether oxygens (including phenoxy) is 1. The molecule has 0 spiro atoms. The van der Waals surface area contributed by atoms with Crippen LogP contribution in [0.1, 0.15) is 24.5 Å². The van der Waals surface area contributed by atoms with E-state index >= 15 is 0 Å². The Hall–Kier alpha value is -2.64. The highest BCUT2D eigenvalue weighted by atomic mass is 35.5. The van der Waals surface area contributed by atoms with Crippen molar-refractivity contribution in [3.05, 3.63) is 58.6 Å². The Morgan fingerprint density at radius 1 is 1.33 bits per heavy atom. The van der Waals surface area contributed by atoms with E-state index < -0.39 is 17.8 Å². The van der Waals surface area contributed by atoms with Gasteiger partial charge in [-0.1, -0.05) is 29.8 Å². The lowest BCUT2D eigenvalue weighted by Gasteiger charge is -2.41. The van der Waals surface area contributed by atoms with Gasteiger partial charge in [-0.2, -0.15) is 0 Å². The Balaban J connectivity index is 2.00. The van der Waals surface area contributed by atoms with Crippen LogP contribution in [0.25, 0.3) is 0 Å². The van der Waals surface area contributed by atoms with E-state index in [0.717, 1.165) is 0 Å². The van der Waals surface area contributed by atoms with Gasteiger partial charge in [-0.3, -0.25) is 14.5 Å². The minimum absolute atomic E-state index is 0.00586. The van der Waals surface area contributed by atoms with Crippen molar-refractivity contribution in [3.8, 4) is 5.75 Å². The van der Waals surface area contributed by atoms with Gasteiger partial charge in [-0.25, -0.2) is 4.39 Å². The summed E-state index contributed by atoms with van der Waals surface area (Å²) in [6.45, 7) is 2.15.